The maximum Gasteiger partial charge on any atom is 0.233 e. The van der Waals surface area contributed by atoms with Gasteiger partial charge in [0.2, 0.25) is 12.7 Å². The minimum atomic E-state index is 0.175. The molecule has 2 aliphatic heterocycles. The van der Waals surface area contributed by atoms with E-state index < -0.39 is 0 Å². The van der Waals surface area contributed by atoms with Gasteiger partial charge in [0.15, 0.2) is 22.5 Å². The summed E-state index contributed by atoms with van der Waals surface area (Å²) in [6.45, 7) is 4.22. The lowest BCUT2D eigenvalue weighted by molar-refractivity contribution is -0.129. The maximum atomic E-state index is 12.4. The topological polar surface area (TPSA) is 69.5 Å². The smallest absolute Gasteiger partial charge is 0.233 e. The molecule has 1 fully saturated rings. The summed E-state index contributed by atoms with van der Waals surface area (Å²) < 4.78 is 12.7. The maximum absolute atomic E-state index is 12.4. The third-order valence-electron chi connectivity index (χ3n) is 4.93. The number of fused-ring (bicyclic) bond motifs is 1. The number of ether oxygens (including phenoxy) is 2. The highest BCUT2D eigenvalue weighted by molar-refractivity contribution is 7.99. The van der Waals surface area contributed by atoms with Crippen molar-refractivity contribution in [1.82, 2.24) is 19.7 Å². The molecule has 8 heteroatoms. The minimum absolute atomic E-state index is 0.175. The van der Waals surface area contributed by atoms with E-state index in [4.69, 9.17) is 9.47 Å². The average Bonchev–Trinajstić information content (AvgIpc) is 3.26. The summed E-state index contributed by atoms with van der Waals surface area (Å²) >= 11 is 1.43. The van der Waals surface area contributed by atoms with Crippen LogP contribution in [-0.2, 0) is 11.8 Å². The SMILES string of the molecule is CC1CCN(C(=O)CSc2nnc(-c3ccc4c(c3)OCO4)n2C)CC1. The lowest BCUT2D eigenvalue weighted by atomic mass is 9.99. The van der Waals surface area contributed by atoms with E-state index in [1.165, 1.54) is 11.8 Å². The molecule has 0 atom stereocenters. The van der Waals surface area contributed by atoms with Gasteiger partial charge in [-0.2, -0.15) is 0 Å². The Hall–Kier alpha value is -2.22. The van der Waals surface area contributed by atoms with Gasteiger partial charge in [-0.1, -0.05) is 18.7 Å². The second kappa shape index (κ2) is 7.19. The zero-order chi connectivity index (χ0) is 18.1. The van der Waals surface area contributed by atoms with E-state index in [0.717, 1.165) is 54.1 Å². The van der Waals surface area contributed by atoms with Crippen LogP contribution in [0.4, 0.5) is 0 Å². The van der Waals surface area contributed by atoms with E-state index in [0.29, 0.717) is 11.5 Å². The van der Waals surface area contributed by atoms with Gasteiger partial charge in [-0.25, -0.2) is 0 Å². The molecule has 0 radical (unpaired) electrons. The standard InChI is InChI=1S/C18H22N4O3S/c1-12-5-7-22(8-6-12)16(23)10-26-18-20-19-17(21(18)2)13-3-4-14-15(9-13)25-11-24-14/h3-4,9,12H,5-8,10-11H2,1-2H3. The Kier molecular flexibility index (Phi) is 4.76. The molecule has 0 spiro atoms. The van der Waals surface area contributed by atoms with Gasteiger partial charge in [-0.15, -0.1) is 10.2 Å². The van der Waals surface area contributed by atoms with E-state index in [1.807, 2.05) is 34.7 Å². The van der Waals surface area contributed by atoms with Crippen molar-refractivity contribution in [3.8, 4) is 22.9 Å². The first-order chi connectivity index (χ1) is 12.6. The van der Waals surface area contributed by atoms with Gasteiger partial charge < -0.3 is 18.9 Å². The molecular weight excluding hydrogens is 352 g/mol. The first-order valence-corrected chi connectivity index (χ1v) is 9.80. The fourth-order valence-electron chi connectivity index (χ4n) is 3.20. The van der Waals surface area contributed by atoms with Crippen LogP contribution < -0.4 is 9.47 Å². The molecule has 2 aliphatic rings. The van der Waals surface area contributed by atoms with Crippen LogP contribution in [0.15, 0.2) is 23.4 Å². The summed E-state index contributed by atoms with van der Waals surface area (Å²) in [5.41, 5.74) is 0.910. The molecule has 1 aromatic carbocycles. The Balaban J connectivity index is 1.42. The molecule has 3 heterocycles. The number of nitrogens with zero attached hydrogens (tertiary/aromatic N) is 4. The zero-order valence-corrected chi connectivity index (χ0v) is 15.8. The van der Waals surface area contributed by atoms with Crippen molar-refractivity contribution in [2.75, 3.05) is 25.6 Å². The van der Waals surface area contributed by atoms with E-state index >= 15 is 0 Å². The van der Waals surface area contributed by atoms with Crippen molar-refractivity contribution in [3.63, 3.8) is 0 Å². The summed E-state index contributed by atoms with van der Waals surface area (Å²) in [4.78, 5) is 14.4. The average molecular weight is 374 g/mol. The Morgan fingerprint density at radius 2 is 2.00 bits per heavy atom. The summed E-state index contributed by atoms with van der Waals surface area (Å²) in [5, 5.41) is 9.26. The molecule has 0 saturated carbocycles. The largest absolute Gasteiger partial charge is 0.454 e. The number of hydrogen-bond donors (Lipinski definition) is 0. The van der Waals surface area contributed by atoms with Gasteiger partial charge in [0.05, 0.1) is 5.75 Å². The van der Waals surface area contributed by atoms with Gasteiger partial charge in [-0.05, 0) is 37.0 Å². The van der Waals surface area contributed by atoms with Crippen LogP contribution in [0.1, 0.15) is 19.8 Å². The van der Waals surface area contributed by atoms with Crippen molar-refractivity contribution in [1.29, 1.82) is 0 Å². The number of benzene rings is 1. The highest BCUT2D eigenvalue weighted by Gasteiger charge is 2.22. The zero-order valence-electron chi connectivity index (χ0n) is 15.0. The quantitative estimate of drug-likeness (QED) is 0.766. The molecule has 1 saturated heterocycles. The number of piperidine rings is 1. The molecule has 0 aliphatic carbocycles. The number of aromatic nitrogens is 3. The fraction of sp³-hybridized carbons (Fsp3) is 0.500. The number of likely N-dealkylation sites (tertiary alicyclic amines) is 1. The Morgan fingerprint density at radius 1 is 1.23 bits per heavy atom. The van der Waals surface area contributed by atoms with Gasteiger partial charge in [0.1, 0.15) is 0 Å². The third kappa shape index (κ3) is 3.38. The molecule has 1 amide bonds. The molecule has 0 unspecified atom stereocenters. The van der Waals surface area contributed by atoms with Crippen LogP contribution in [0.25, 0.3) is 11.4 Å². The number of carbonyl (C=O) groups is 1. The van der Waals surface area contributed by atoms with E-state index in [-0.39, 0.29) is 12.7 Å². The molecule has 0 N–H and O–H groups in total. The first-order valence-electron chi connectivity index (χ1n) is 8.82. The Bertz CT molecular complexity index is 815. The number of amides is 1. The normalized spacial score (nSPS) is 16.9. The molecule has 7 nitrogen and oxygen atoms in total. The van der Waals surface area contributed by atoms with Gasteiger partial charge in [-0.3, -0.25) is 4.79 Å². The minimum Gasteiger partial charge on any atom is -0.454 e. The Labute approximate surface area is 156 Å². The second-order valence-corrected chi connectivity index (χ2v) is 7.73. The molecule has 138 valence electrons. The van der Waals surface area contributed by atoms with Gasteiger partial charge >= 0.3 is 0 Å². The molecule has 2 aromatic rings. The van der Waals surface area contributed by atoms with Crippen molar-refractivity contribution in [3.05, 3.63) is 18.2 Å². The van der Waals surface area contributed by atoms with E-state index in [9.17, 15) is 4.79 Å². The molecule has 4 rings (SSSR count). The van der Waals surface area contributed by atoms with Crippen LogP contribution in [-0.4, -0.2) is 51.2 Å². The van der Waals surface area contributed by atoms with Crippen molar-refractivity contribution >= 4 is 17.7 Å². The fourth-order valence-corrected chi connectivity index (χ4v) is 4.02. The summed E-state index contributed by atoms with van der Waals surface area (Å²) in [7, 11) is 1.91. The van der Waals surface area contributed by atoms with Gasteiger partial charge in [0, 0.05) is 25.7 Å². The van der Waals surface area contributed by atoms with Crippen LogP contribution >= 0.6 is 11.8 Å². The first kappa shape index (κ1) is 17.2. The van der Waals surface area contributed by atoms with Crippen LogP contribution in [0.5, 0.6) is 11.5 Å². The number of rotatable bonds is 4. The predicted octanol–water partition coefficient (Wildman–Crippen LogP) is 2.56. The van der Waals surface area contributed by atoms with E-state index in [2.05, 4.69) is 17.1 Å². The second-order valence-electron chi connectivity index (χ2n) is 6.79. The summed E-state index contributed by atoms with van der Waals surface area (Å²) in [5.74, 6) is 3.48. The lowest BCUT2D eigenvalue weighted by Gasteiger charge is -2.30. The van der Waals surface area contributed by atoms with Crippen molar-refractivity contribution in [2.24, 2.45) is 13.0 Å². The monoisotopic (exact) mass is 374 g/mol. The van der Waals surface area contributed by atoms with Crippen molar-refractivity contribution < 1.29 is 14.3 Å². The molecular formula is C18H22N4O3S. The number of carbonyl (C=O) groups excluding carboxylic acids is 1. The summed E-state index contributed by atoms with van der Waals surface area (Å²) in [6, 6.07) is 5.72. The predicted molar refractivity (Wildman–Crippen MR) is 98.3 cm³/mol. The number of thioether (sulfide) groups is 1. The highest BCUT2D eigenvalue weighted by Crippen LogP contribution is 2.35. The Morgan fingerprint density at radius 3 is 2.81 bits per heavy atom. The van der Waals surface area contributed by atoms with Crippen LogP contribution in [0, 0.1) is 5.92 Å². The highest BCUT2D eigenvalue weighted by atomic mass is 32.2. The molecule has 1 aromatic heterocycles. The van der Waals surface area contributed by atoms with Gasteiger partial charge in [0.25, 0.3) is 0 Å². The van der Waals surface area contributed by atoms with E-state index in [1.54, 1.807) is 0 Å². The molecule has 26 heavy (non-hydrogen) atoms. The van der Waals surface area contributed by atoms with Crippen LogP contribution in [0.2, 0.25) is 0 Å². The lowest BCUT2D eigenvalue weighted by Crippen LogP contribution is -2.38. The van der Waals surface area contributed by atoms with Crippen LogP contribution in [0.3, 0.4) is 0 Å². The number of hydrogen-bond acceptors (Lipinski definition) is 6. The van der Waals surface area contributed by atoms with Crippen molar-refractivity contribution in [2.45, 2.75) is 24.9 Å². The summed E-state index contributed by atoms with van der Waals surface area (Å²) in [6.07, 6.45) is 2.18. The third-order valence-corrected chi connectivity index (χ3v) is 5.93. The molecule has 0 bridgehead atoms.